The van der Waals surface area contributed by atoms with Gasteiger partial charge in [0.1, 0.15) is 4.88 Å². The molecule has 7 heteroatoms. The lowest BCUT2D eigenvalue weighted by Crippen LogP contribution is -2.36. The SMILES string of the molecule is CCc1nnsc1C(=O)N1CCCN(CCOC)CC1. The summed E-state index contributed by atoms with van der Waals surface area (Å²) in [6.45, 7) is 7.18. The molecule has 1 aliphatic rings. The van der Waals surface area contributed by atoms with Crippen LogP contribution in [-0.2, 0) is 11.2 Å². The minimum atomic E-state index is 0.0884. The summed E-state index contributed by atoms with van der Waals surface area (Å²) in [5.41, 5.74) is 0.820. The van der Waals surface area contributed by atoms with Crippen LogP contribution >= 0.6 is 11.5 Å². The van der Waals surface area contributed by atoms with Crippen LogP contribution in [0.25, 0.3) is 0 Å². The molecule has 1 fully saturated rings. The van der Waals surface area contributed by atoms with Gasteiger partial charge in [0.2, 0.25) is 0 Å². The molecule has 112 valence electrons. The van der Waals surface area contributed by atoms with Crippen LogP contribution in [0.2, 0.25) is 0 Å². The van der Waals surface area contributed by atoms with Crippen molar-refractivity contribution in [3.8, 4) is 0 Å². The summed E-state index contributed by atoms with van der Waals surface area (Å²) in [5, 5.41) is 4.02. The molecule has 1 amide bonds. The molecule has 0 saturated carbocycles. The van der Waals surface area contributed by atoms with Crippen LogP contribution in [0.15, 0.2) is 0 Å². The molecule has 0 unspecified atom stereocenters. The second-order valence-electron chi connectivity index (χ2n) is 4.88. The van der Waals surface area contributed by atoms with E-state index in [0.29, 0.717) is 4.88 Å². The first kappa shape index (κ1) is 15.3. The minimum Gasteiger partial charge on any atom is -0.383 e. The maximum absolute atomic E-state index is 12.5. The molecule has 20 heavy (non-hydrogen) atoms. The monoisotopic (exact) mass is 298 g/mol. The first-order valence-corrected chi connectivity index (χ1v) is 7.85. The molecule has 0 N–H and O–H groups in total. The summed E-state index contributed by atoms with van der Waals surface area (Å²) in [7, 11) is 1.72. The Labute approximate surface area is 123 Å². The second kappa shape index (κ2) is 7.66. The third kappa shape index (κ3) is 3.74. The lowest BCUT2D eigenvalue weighted by Gasteiger charge is -2.21. The van der Waals surface area contributed by atoms with Crippen LogP contribution in [0.1, 0.15) is 28.7 Å². The molecule has 0 atom stereocenters. The van der Waals surface area contributed by atoms with Gasteiger partial charge in [0.05, 0.1) is 12.3 Å². The van der Waals surface area contributed by atoms with Gasteiger partial charge < -0.3 is 9.64 Å². The van der Waals surface area contributed by atoms with Gasteiger partial charge in [-0.05, 0) is 30.9 Å². The molecule has 6 nitrogen and oxygen atoms in total. The van der Waals surface area contributed by atoms with Crippen LogP contribution in [0.5, 0.6) is 0 Å². The zero-order chi connectivity index (χ0) is 14.4. The number of aromatic nitrogens is 2. The highest BCUT2D eigenvalue weighted by molar-refractivity contribution is 7.08. The largest absolute Gasteiger partial charge is 0.383 e. The van der Waals surface area contributed by atoms with E-state index in [1.165, 1.54) is 11.5 Å². The van der Waals surface area contributed by atoms with Crippen LogP contribution < -0.4 is 0 Å². The smallest absolute Gasteiger partial charge is 0.267 e. The molecule has 1 saturated heterocycles. The van der Waals surface area contributed by atoms with E-state index >= 15 is 0 Å². The predicted octanol–water partition coefficient (Wildman–Crippen LogP) is 0.895. The molecule has 0 spiro atoms. The number of aryl methyl sites for hydroxylation is 1. The van der Waals surface area contributed by atoms with Gasteiger partial charge in [0.15, 0.2) is 0 Å². The first-order valence-electron chi connectivity index (χ1n) is 7.08. The Kier molecular flexibility index (Phi) is 5.87. The van der Waals surface area contributed by atoms with Gasteiger partial charge in [0, 0.05) is 33.3 Å². The fourth-order valence-electron chi connectivity index (χ4n) is 2.36. The van der Waals surface area contributed by atoms with Crippen molar-refractivity contribution < 1.29 is 9.53 Å². The van der Waals surface area contributed by atoms with E-state index in [1.807, 2.05) is 11.8 Å². The fraction of sp³-hybridized carbons (Fsp3) is 0.769. The highest BCUT2D eigenvalue weighted by Gasteiger charge is 2.23. The van der Waals surface area contributed by atoms with Crippen LogP contribution in [-0.4, -0.2) is 71.7 Å². The van der Waals surface area contributed by atoms with Gasteiger partial charge >= 0.3 is 0 Å². The summed E-state index contributed by atoms with van der Waals surface area (Å²) in [6.07, 6.45) is 1.76. The lowest BCUT2D eigenvalue weighted by atomic mass is 10.2. The molecule has 0 bridgehead atoms. The van der Waals surface area contributed by atoms with Gasteiger partial charge in [-0.1, -0.05) is 11.4 Å². The Morgan fingerprint density at radius 1 is 1.35 bits per heavy atom. The molecule has 2 heterocycles. The van der Waals surface area contributed by atoms with Crippen molar-refractivity contribution in [2.24, 2.45) is 0 Å². The zero-order valence-electron chi connectivity index (χ0n) is 12.2. The lowest BCUT2D eigenvalue weighted by molar-refractivity contribution is 0.0762. The molecule has 1 aliphatic heterocycles. The van der Waals surface area contributed by atoms with E-state index in [0.717, 1.165) is 57.9 Å². The topological polar surface area (TPSA) is 58.6 Å². The van der Waals surface area contributed by atoms with Crippen molar-refractivity contribution >= 4 is 17.4 Å². The Morgan fingerprint density at radius 3 is 2.95 bits per heavy atom. The highest BCUT2D eigenvalue weighted by Crippen LogP contribution is 2.15. The van der Waals surface area contributed by atoms with Gasteiger partial charge in [-0.2, -0.15) is 0 Å². The van der Waals surface area contributed by atoms with Crippen molar-refractivity contribution in [1.29, 1.82) is 0 Å². The summed E-state index contributed by atoms with van der Waals surface area (Å²) in [4.78, 5) is 17.5. The van der Waals surface area contributed by atoms with Crippen molar-refractivity contribution in [2.45, 2.75) is 19.8 Å². The second-order valence-corrected chi connectivity index (χ2v) is 5.64. The quantitative estimate of drug-likeness (QED) is 0.808. The van der Waals surface area contributed by atoms with Gasteiger partial charge in [0.25, 0.3) is 5.91 Å². The number of methoxy groups -OCH3 is 1. The van der Waals surface area contributed by atoms with E-state index < -0.39 is 0 Å². The minimum absolute atomic E-state index is 0.0884. The number of carbonyl (C=O) groups is 1. The fourth-order valence-corrected chi connectivity index (χ4v) is 3.08. The normalized spacial score (nSPS) is 17.2. The van der Waals surface area contributed by atoms with E-state index in [-0.39, 0.29) is 5.91 Å². The summed E-state index contributed by atoms with van der Waals surface area (Å²) in [5.74, 6) is 0.0884. The summed E-state index contributed by atoms with van der Waals surface area (Å²) < 4.78 is 9.02. The van der Waals surface area contributed by atoms with Crippen LogP contribution in [0.3, 0.4) is 0 Å². The van der Waals surface area contributed by atoms with Gasteiger partial charge in [-0.25, -0.2) is 0 Å². The van der Waals surface area contributed by atoms with Crippen molar-refractivity contribution in [1.82, 2.24) is 19.4 Å². The van der Waals surface area contributed by atoms with E-state index in [9.17, 15) is 4.79 Å². The molecule has 1 aromatic heterocycles. The van der Waals surface area contributed by atoms with E-state index in [2.05, 4.69) is 14.5 Å². The van der Waals surface area contributed by atoms with Crippen molar-refractivity contribution in [3.05, 3.63) is 10.6 Å². The Bertz CT molecular complexity index is 438. The Balaban J connectivity index is 1.94. The molecular formula is C13H22N4O2S. The van der Waals surface area contributed by atoms with Gasteiger partial charge in [-0.3, -0.25) is 9.69 Å². The highest BCUT2D eigenvalue weighted by atomic mass is 32.1. The zero-order valence-corrected chi connectivity index (χ0v) is 13.0. The molecule has 2 rings (SSSR count). The average Bonchev–Trinajstić information content (AvgIpc) is 2.82. The molecule has 0 aromatic carbocycles. The van der Waals surface area contributed by atoms with Crippen LogP contribution in [0, 0.1) is 0 Å². The molecule has 0 radical (unpaired) electrons. The summed E-state index contributed by atoms with van der Waals surface area (Å²) >= 11 is 1.21. The standard InChI is InChI=1S/C13H22N4O2S/c1-3-11-12(20-15-14-11)13(18)17-6-4-5-16(7-8-17)9-10-19-2/h3-10H2,1-2H3. The van der Waals surface area contributed by atoms with Crippen molar-refractivity contribution in [3.63, 3.8) is 0 Å². The first-order chi connectivity index (χ1) is 9.76. The number of ether oxygens (including phenoxy) is 1. The van der Waals surface area contributed by atoms with E-state index in [4.69, 9.17) is 4.74 Å². The molecular weight excluding hydrogens is 276 g/mol. The number of nitrogens with zero attached hydrogens (tertiary/aromatic N) is 4. The third-order valence-electron chi connectivity index (χ3n) is 3.57. The van der Waals surface area contributed by atoms with E-state index in [1.54, 1.807) is 7.11 Å². The Hall–Kier alpha value is -1.05. The maximum Gasteiger partial charge on any atom is 0.267 e. The molecule has 0 aliphatic carbocycles. The van der Waals surface area contributed by atoms with Gasteiger partial charge in [-0.15, -0.1) is 5.10 Å². The third-order valence-corrected chi connectivity index (χ3v) is 4.33. The maximum atomic E-state index is 12.5. The summed E-state index contributed by atoms with van der Waals surface area (Å²) in [6, 6.07) is 0. The molecule has 1 aromatic rings. The van der Waals surface area contributed by atoms with Crippen LogP contribution in [0.4, 0.5) is 0 Å². The number of carbonyl (C=O) groups excluding carboxylic acids is 1. The number of rotatable bonds is 5. The number of amides is 1. The number of hydrogen-bond acceptors (Lipinski definition) is 6. The predicted molar refractivity (Wildman–Crippen MR) is 78.1 cm³/mol. The average molecular weight is 298 g/mol. The number of hydrogen-bond donors (Lipinski definition) is 0. The van der Waals surface area contributed by atoms with Crippen molar-refractivity contribution in [2.75, 3.05) is 46.4 Å². The Morgan fingerprint density at radius 2 is 2.20 bits per heavy atom.